The van der Waals surface area contributed by atoms with Crippen LogP contribution >= 0.6 is 11.8 Å². The van der Waals surface area contributed by atoms with Gasteiger partial charge in [-0.1, -0.05) is 39.5 Å². The van der Waals surface area contributed by atoms with Gasteiger partial charge in [0.15, 0.2) is 16.8 Å². The van der Waals surface area contributed by atoms with Gasteiger partial charge in [0.2, 0.25) is 0 Å². The van der Waals surface area contributed by atoms with E-state index in [-0.39, 0.29) is 17.3 Å². The van der Waals surface area contributed by atoms with Gasteiger partial charge in [-0.05, 0) is 12.2 Å². The van der Waals surface area contributed by atoms with Crippen molar-refractivity contribution in [3.8, 4) is 0 Å². The summed E-state index contributed by atoms with van der Waals surface area (Å²) in [5.74, 6) is 0.970. The van der Waals surface area contributed by atoms with Crippen molar-refractivity contribution in [1.29, 1.82) is 0 Å². The van der Waals surface area contributed by atoms with Crippen molar-refractivity contribution in [3.63, 3.8) is 0 Å². The first-order valence-electron chi connectivity index (χ1n) is 9.67. The maximum atomic E-state index is 15.0. The minimum Gasteiger partial charge on any atom is -0.350 e. The number of hydrogen-bond acceptors (Lipinski definition) is 7. The summed E-state index contributed by atoms with van der Waals surface area (Å²) in [6.07, 6.45) is 0.781. The van der Waals surface area contributed by atoms with Crippen LogP contribution in [0.3, 0.4) is 0 Å². The number of nitrogens with one attached hydrogen (secondary N) is 1. The molecule has 1 atom stereocenters. The van der Waals surface area contributed by atoms with E-state index in [1.807, 2.05) is 27.7 Å². The summed E-state index contributed by atoms with van der Waals surface area (Å²) >= 11 is 1.48. The van der Waals surface area contributed by atoms with Crippen LogP contribution in [-0.4, -0.2) is 52.2 Å². The number of piperazine rings is 1. The van der Waals surface area contributed by atoms with E-state index in [1.165, 1.54) is 11.8 Å². The molecule has 0 spiro atoms. The average Bonchev–Trinajstić information content (AvgIpc) is 2.81. The van der Waals surface area contributed by atoms with Crippen LogP contribution in [0.5, 0.6) is 0 Å². The Hall–Kier alpha value is -1.80. The topological polar surface area (TPSA) is 71.0 Å². The van der Waals surface area contributed by atoms with Gasteiger partial charge in [-0.3, -0.25) is 4.79 Å². The lowest BCUT2D eigenvalue weighted by Crippen LogP contribution is -2.52. The second-order valence-electron chi connectivity index (χ2n) is 6.24. The molecule has 6 nitrogen and oxygen atoms in total. The van der Waals surface area contributed by atoms with Crippen molar-refractivity contribution >= 4 is 34.3 Å². The van der Waals surface area contributed by atoms with Crippen molar-refractivity contribution in [2.45, 2.75) is 51.7 Å². The molecule has 0 bridgehead atoms. The van der Waals surface area contributed by atoms with Crippen LogP contribution in [0.4, 0.5) is 10.2 Å². The second kappa shape index (κ2) is 8.48. The predicted octanol–water partition coefficient (Wildman–Crippen LogP) is 3.23. The minimum absolute atomic E-state index is 0.0150. The fourth-order valence-electron chi connectivity index (χ4n) is 3.55. The number of Topliss-reactive ketones (excluding diaryl/α,β-unsaturated/α-hetero) is 1. The molecule has 2 aromatic heterocycles. The SMILES string of the molecule is CC.CCSc1nc2c3c(nc(CC)c(F)c3n1)C(=O)CC1CNCCN21. The Morgan fingerprint density at radius 3 is 2.74 bits per heavy atom. The van der Waals surface area contributed by atoms with Crippen molar-refractivity contribution in [2.24, 2.45) is 0 Å². The van der Waals surface area contributed by atoms with Gasteiger partial charge >= 0.3 is 0 Å². The lowest BCUT2D eigenvalue weighted by molar-refractivity contribution is 0.0969. The van der Waals surface area contributed by atoms with Gasteiger partial charge in [-0.2, -0.15) is 0 Å². The number of rotatable bonds is 3. The van der Waals surface area contributed by atoms with Crippen molar-refractivity contribution in [2.75, 3.05) is 30.3 Å². The number of anilines is 1. The third-order valence-corrected chi connectivity index (χ3v) is 5.46. The maximum absolute atomic E-state index is 15.0. The number of nitrogens with zero attached hydrogens (tertiary/aromatic N) is 4. The van der Waals surface area contributed by atoms with E-state index in [9.17, 15) is 9.18 Å². The highest BCUT2D eigenvalue weighted by Crippen LogP contribution is 2.36. The molecule has 0 radical (unpaired) electrons. The van der Waals surface area contributed by atoms with Crippen molar-refractivity contribution in [1.82, 2.24) is 20.3 Å². The van der Waals surface area contributed by atoms with Crippen molar-refractivity contribution < 1.29 is 9.18 Å². The van der Waals surface area contributed by atoms with Crippen LogP contribution < -0.4 is 10.2 Å². The Bertz CT molecular complexity index is 860. The predicted molar refractivity (Wildman–Crippen MR) is 107 cm³/mol. The van der Waals surface area contributed by atoms with E-state index in [0.717, 1.165) is 18.8 Å². The zero-order valence-electron chi connectivity index (χ0n) is 16.3. The molecule has 0 saturated carbocycles. The molecule has 0 aliphatic carbocycles. The number of thioether (sulfide) groups is 1. The molecule has 8 heteroatoms. The summed E-state index contributed by atoms with van der Waals surface area (Å²) in [4.78, 5) is 28.4. The molecule has 27 heavy (non-hydrogen) atoms. The molecule has 4 rings (SSSR count). The van der Waals surface area contributed by atoms with Gasteiger partial charge in [0, 0.05) is 26.1 Å². The number of carbonyl (C=O) groups is 1. The molecule has 1 saturated heterocycles. The highest BCUT2D eigenvalue weighted by molar-refractivity contribution is 7.99. The maximum Gasteiger partial charge on any atom is 0.190 e. The van der Waals surface area contributed by atoms with Crippen LogP contribution in [0.25, 0.3) is 10.9 Å². The largest absolute Gasteiger partial charge is 0.350 e. The van der Waals surface area contributed by atoms with E-state index >= 15 is 0 Å². The van der Waals surface area contributed by atoms with Crippen molar-refractivity contribution in [3.05, 3.63) is 17.2 Å². The van der Waals surface area contributed by atoms with E-state index in [2.05, 4.69) is 25.2 Å². The van der Waals surface area contributed by atoms with Gasteiger partial charge in [0.25, 0.3) is 0 Å². The first-order valence-corrected chi connectivity index (χ1v) is 10.7. The first kappa shape index (κ1) is 19.9. The number of halogens is 1. The summed E-state index contributed by atoms with van der Waals surface area (Å²) in [6, 6.07) is 0.0150. The van der Waals surface area contributed by atoms with Crippen LogP contribution in [0, 0.1) is 5.82 Å². The highest BCUT2D eigenvalue weighted by atomic mass is 32.2. The molecule has 1 unspecified atom stereocenters. The summed E-state index contributed by atoms with van der Waals surface area (Å²) in [7, 11) is 0. The zero-order valence-corrected chi connectivity index (χ0v) is 17.1. The molecule has 4 heterocycles. The molecule has 2 aliphatic heterocycles. The Labute approximate surface area is 163 Å². The molecule has 146 valence electrons. The Kier molecular flexibility index (Phi) is 6.26. The Morgan fingerprint density at radius 2 is 2.04 bits per heavy atom. The van der Waals surface area contributed by atoms with Gasteiger partial charge in [0.1, 0.15) is 17.0 Å². The number of aryl methyl sites for hydroxylation is 1. The normalized spacial score (nSPS) is 18.6. The summed E-state index contributed by atoms with van der Waals surface area (Å²) < 4.78 is 15.0. The number of hydrogen-bond donors (Lipinski definition) is 1. The smallest absolute Gasteiger partial charge is 0.190 e. The first-order chi connectivity index (χ1) is 13.1. The lowest BCUT2D eigenvalue weighted by atomic mass is 10.1. The minimum atomic E-state index is -0.427. The van der Waals surface area contributed by atoms with E-state index in [0.29, 0.717) is 47.1 Å². The van der Waals surface area contributed by atoms with Crippen LogP contribution in [-0.2, 0) is 6.42 Å². The zero-order chi connectivity index (χ0) is 19.6. The monoisotopic (exact) mass is 391 g/mol. The standard InChI is InChI=1S/C17H20FN5OS.C2H6/c1-3-10-13(18)15-12-14(20-10)11(24)7-9-8-19-5-6-23(9)16(12)22-17(21-15)25-4-2;1-2/h9,19H,3-8H2,1-2H3;1-2H3. The molecule has 2 aromatic rings. The second-order valence-corrected chi connectivity index (χ2v) is 7.47. The number of aromatic nitrogens is 3. The third-order valence-electron chi connectivity index (χ3n) is 4.73. The van der Waals surface area contributed by atoms with Crippen LogP contribution in [0.2, 0.25) is 0 Å². The van der Waals surface area contributed by atoms with Gasteiger partial charge < -0.3 is 10.2 Å². The quantitative estimate of drug-likeness (QED) is 0.636. The number of carbonyl (C=O) groups excluding carboxylic acids is 1. The average molecular weight is 392 g/mol. The fourth-order valence-corrected chi connectivity index (χ4v) is 4.12. The Balaban J connectivity index is 0.00000102. The summed E-state index contributed by atoms with van der Waals surface area (Å²) in [5.41, 5.74) is 0.854. The molecule has 1 N–H and O–H groups in total. The highest BCUT2D eigenvalue weighted by Gasteiger charge is 2.35. The molecular weight excluding hydrogens is 365 g/mol. The summed E-state index contributed by atoms with van der Waals surface area (Å²) in [5, 5.41) is 4.35. The van der Waals surface area contributed by atoms with Gasteiger partial charge in [0.05, 0.1) is 17.1 Å². The Morgan fingerprint density at radius 1 is 1.26 bits per heavy atom. The molecular formula is C19H26FN5OS. The number of fused-ring (bicyclic) bond motifs is 2. The van der Waals surface area contributed by atoms with E-state index in [1.54, 1.807) is 0 Å². The molecule has 2 aliphatic rings. The lowest BCUT2D eigenvalue weighted by Gasteiger charge is -2.36. The molecule has 1 fully saturated rings. The number of ketones is 1. The van der Waals surface area contributed by atoms with E-state index in [4.69, 9.17) is 0 Å². The van der Waals surface area contributed by atoms with Crippen LogP contribution in [0.1, 0.15) is 50.3 Å². The fraction of sp³-hybridized carbons (Fsp3) is 0.579. The molecule has 0 aromatic carbocycles. The molecule has 0 amide bonds. The van der Waals surface area contributed by atoms with E-state index < -0.39 is 5.82 Å². The number of pyridine rings is 1. The summed E-state index contributed by atoms with van der Waals surface area (Å²) in [6.45, 7) is 10.1. The van der Waals surface area contributed by atoms with Crippen LogP contribution in [0.15, 0.2) is 5.16 Å². The third kappa shape index (κ3) is 3.52. The van der Waals surface area contributed by atoms with Gasteiger partial charge in [-0.15, -0.1) is 0 Å². The van der Waals surface area contributed by atoms with Gasteiger partial charge in [-0.25, -0.2) is 19.3 Å².